The van der Waals surface area contributed by atoms with Crippen LogP contribution in [0.3, 0.4) is 0 Å². The van der Waals surface area contributed by atoms with Crippen molar-refractivity contribution < 1.29 is 14.4 Å². The van der Waals surface area contributed by atoms with Crippen molar-refractivity contribution in [2.75, 3.05) is 4.90 Å². The predicted molar refractivity (Wildman–Crippen MR) is 135 cm³/mol. The zero-order valence-electron chi connectivity index (χ0n) is 20.8. The molecule has 0 N–H and O–H groups in total. The van der Waals surface area contributed by atoms with Crippen molar-refractivity contribution in [2.45, 2.75) is 59.3 Å². The van der Waals surface area contributed by atoms with Crippen molar-refractivity contribution in [2.24, 2.45) is 0 Å². The van der Waals surface area contributed by atoms with Crippen molar-refractivity contribution in [3.63, 3.8) is 0 Å². The largest absolute Gasteiger partial charge is 0.309 e. The maximum absolute atomic E-state index is 12.6. The lowest BCUT2D eigenvalue weighted by Gasteiger charge is -2.49. The number of hydrogen-bond acceptors (Lipinski definition) is 4. The smallest absolute Gasteiger partial charge is 0.159 e. The first-order valence-corrected chi connectivity index (χ1v) is 11.7. The molecule has 0 amide bonds. The van der Waals surface area contributed by atoms with Crippen molar-refractivity contribution >= 4 is 34.4 Å². The molecule has 0 spiro atoms. The number of nitrogens with zero attached hydrogens (tertiary/aromatic N) is 1. The van der Waals surface area contributed by atoms with Gasteiger partial charge in [-0.1, -0.05) is 27.7 Å². The molecule has 0 bridgehead atoms. The topological polar surface area (TPSA) is 54.5 Å². The number of ketones is 3. The summed E-state index contributed by atoms with van der Waals surface area (Å²) >= 11 is 0. The van der Waals surface area contributed by atoms with Gasteiger partial charge in [-0.3, -0.25) is 14.4 Å². The molecule has 0 atom stereocenters. The Morgan fingerprint density at radius 2 is 0.912 bits per heavy atom. The second kappa shape index (κ2) is 6.99. The Hall–Kier alpha value is -3.53. The normalized spacial score (nSPS) is 16.3. The minimum Gasteiger partial charge on any atom is -0.309 e. The summed E-state index contributed by atoms with van der Waals surface area (Å²) in [7, 11) is 0. The fraction of sp³-hybridized carbons (Fsp3) is 0.300. The van der Waals surface area contributed by atoms with Gasteiger partial charge in [0, 0.05) is 27.5 Å². The number of carbonyl (C=O) groups is 3. The molecule has 3 aromatic rings. The van der Waals surface area contributed by atoms with Crippen LogP contribution in [-0.2, 0) is 10.8 Å². The molecule has 172 valence electrons. The summed E-state index contributed by atoms with van der Waals surface area (Å²) in [5.74, 6) is 0.0615. The van der Waals surface area contributed by atoms with Crippen LogP contribution in [0.4, 0.5) is 17.1 Å². The molecule has 0 radical (unpaired) electrons. The van der Waals surface area contributed by atoms with Gasteiger partial charge in [0.05, 0.1) is 17.1 Å². The van der Waals surface area contributed by atoms with Gasteiger partial charge in [0.2, 0.25) is 0 Å². The summed E-state index contributed by atoms with van der Waals surface area (Å²) in [5.41, 5.74) is 8.53. The van der Waals surface area contributed by atoms with Crippen LogP contribution in [0.5, 0.6) is 0 Å². The third-order valence-electron chi connectivity index (χ3n) is 7.72. The average Bonchev–Trinajstić information content (AvgIpc) is 2.77. The summed E-state index contributed by atoms with van der Waals surface area (Å²) in [5, 5.41) is 0. The Balaban J connectivity index is 1.94. The van der Waals surface area contributed by atoms with Crippen LogP contribution in [0.2, 0.25) is 0 Å². The molecular formula is C30H29NO3. The number of rotatable bonds is 3. The molecule has 34 heavy (non-hydrogen) atoms. The zero-order chi connectivity index (χ0) is 24.7. The Morgan fingerprint density at radius 3 is 1.26 bits per heavy atom. The number of Topliss-reactive ketones (excluding diaryl/α,β-unsaturated/α-hetero) is 3. The van der Waals surface area contributed by atoms with Crippen molar-refractivity contribution in [3.05, 3.63) is 87.5 Å². The molecule has 0 aliphatic carbocycles. The Morgan fingerprint density at radius 1 is 0.559 bits per heavy atom. The molecule has 2 heterocycles. The molecule has 0 fully saturated rings. The quantitative estimate of drug-likeness (QED) is 0.401. The number of anilines is 3. The van der Waals surface area contributed by atoms with E-state index in [1.165, 1.54) is 0 Å². The lowest BCUT2D eigenvalue weighted by atomic mass is 9.65. The van der Waals surface area contributed by atoms with Crippen LogP contribution in [0.25, 0.3) is 0 Å². The van der Waals surface area contributed by atoms with E-state index in [9.17, 15) is 14.4 Å². The van der Waals surface area contributed by atoms with E-state index in [1.54, 1.807) is 20.8 Å². The highest BCUT2D eigenvalue weighted by atomic mass is 16.1. The lowest BCUT2D eigenvalue weighted by molar-refractivity contribution is 0.100. The average molecular weight is 452 g/mol. The lowest BCUT2D eigenvalue weighted by Crippen LogP contribution is -2.38. The third kappa shape index (κ3) is 2.87. The minimum absolute atomic E-state index is 0.0174. The summed E-state index contributed by atoms with van der Waals surface area (Å²) in [6.07, 6.45) is 0. The molecule has 2 aliphatic heterocycles. The second-order valence-corrected chi connectivity index (χ2v) is 10.6. The van der Waals surface area contributed by atoms with Crippen LogP contribution < -0.4 is 4.90 Å². The first-order chi connectivity index (χ1) is 15.9. The van der Waals surface area contributed by atoms with Crippen LogP contribution >= 0.6 is 0 Å². The van der Waals surface area contributed by atoms with Gasteiger partial charge in [-0.25, -0.2) is 0 Å². The first-order valence-electron chi connectivity index (χ1n) is 11.7. The standard InChI is InChI=1S/C30H29NO3/c1-16(32)19-8-10-26-22(12-19)29(4,5)24-14-21(18(3)34)15-25-28(24)31(26)27-11-9-20(17(2)33)13-23(27)30(25,6)7/h8-15H,1-7H3. The van der Waals surface area contributed by atoms with Crippen molar-refractivity contribution in [3.8, 4) is 0 Å². The fourth-order valence-corrected chi connectivity index (χ4v) is 5.59. The van der Waals surface area contributed by atoms with E-state index in [0.717, 1.165) is 39.3 Å². The summed E-state index contributed by atoms with van der Waals surface area (Å²) in [4.78, 5) is 39.3. The van der Waals surface area contributed by atoms with Gasteiger partial charge in [0.25, 0.3) is 0 Å². The third-order valence-corrected chi connectivity index (χ3v) is 7.72. The number of carbonyl (C=O) groups excluding carboxylic acids is 3. The monoisotopic (exact) mass is 451 g/mol. The van der Waals surface area contributed by atoms with E-state index >= 15 is 0 Å². The SMILES string of the molecule is CC(=O)c1ccc2c(c1)C(C)(C)c1cc(C(C)=O)cc3c1N2c1ccc(C(C)=O)cc1C3(C)C. The van der Waals surface area contributed by atoms with Crippen LogP contribution in [0, 0.1) is 0 Å². The van der Waals surface area contributed by atoms with E-state index in [4.69, 9.17) is 0 Å². The van der Waals surface area contributed by atoms with Gasteiger partial charge in [0.15, 0.2) is 17.3 Å². The fourth-order valence-electron chi connectivity index (χ4n) is 5.59. The van der Waals surface area contributed by atoms with Gasteiger partial charge in [-0.05, 0) is 91.6 Å². The number of fused-ring (bicyclic) bond motifs is 4. The Labute approximate surface area is 200 Å². The molecule has 0 unspecified atom stereocenters. The maximum atomic E-state index is 12.6. The van der Waals surface area contributed by atoms with E-state index in [0.29, 0.717) is 16.7 Å². The number of hydrogen-bond donors (Lipinski definition) is 0. The van der Waals surface area contributed by atoms with E-state index in [1.807, 2.05) is 48.5 Å². The molecule has 4 nitrogen and oxygen atoms in total. The molecule has 3 aromatic carbocycles. The van der Waals surface area contributed by atoms with E-state index < -0.39 is 10.8 Å². The molecular weight excluding hydrogens is 422 g/mol. The molecule has 5 rings (SSSR count). The molecule has 4 heteroatoms. The Kier molecular flexibility index (Phi) is 4.58. The predicted octanol–water partition coefficient (Wildman–Crippen LogP) is 7.04. The second-order valence-electron chi connectivity index (χ2n) is 10.6. The highest BCUT2D eigenvalue weighted by molar-refractivity contribution is 6.02. The highest BCUT2D eigenvalue weighted by Gasteiger charge is 2.46. The molecule has 2 aliphatic rings. The highest BCUT2D eigenvalue weighted by Crippen LogP contribution is 2.60. The van der Waals surface area contributed by atoms with Crippen LogP contribution in [0.15, 0.2) is 48.5 Å². The maximum Gasteiger partial charge on any atom is 0.159 e. The molecule has 0 saturated carbocycles. The van der Waals surface area contributed by atoms with Gasteiger partial charge >= 0.3 is 0 Å². The summed E-state index contributed by atoms with van der Waals surface area (Å²) in [6.45, 7) is 13.4. The Bertz CT molecular complexity index is 1340. The van der Waals surface area contributed by atoms with Crippen molar-refractivity contribution in [1.29, 1.82) is 0 Å². The number of benzene rings is 3. The zero-order valence-corrected chi connectivity index (χ0v) is 20.8. The van der Waals surface area contributed by atoms with Gasteiger partial charge < -0.3 is 4.90 Å². The van der Waals surface area contributed by atoms with Crippen LogP contribution in [0.1, 0.15) is 102 Å². The molecule has 0 saturated heterocycles. The minimum atomic E-state index is -0.417. The van der Waals surface area contributed by atoms with Crippen LogP contribution in [-0.4, -0.2) is 17.3 Å². The van der Waals surface area contributed by atoms with E-state index in [2.05, 4.69) is 32.6 Å². The van der Waals surface area contributed by atoms with Gasteiger partial charge in [-0.15, -0.1) is 0 Å². The van der Waals surface area contributed by atoms with Crippen molar-refractivity contribution in [1.82, 2.24) is 0 Å². The molecule has 0 aromatic heterocycles. The summed E-state index contributed by atoms with van der Waals surface area (Å²) < 4.78 is 0. The van der Waals surface area contributed by atoms with Gasteiger partial charge in [-0.2, -0.15) is 0 Å². The van der Waals surface area contributed by atoms with Gasteiger partial charge in [0.1, 0.15) is 0 Å². The van der Waals surface area contributed by atoms with E-state index in [-0.39, 0.29) is 17.3 Å². The summed E-state index contributed by atoms with van der Waals surface area (Å²) in [6, 6.07) is 15.8. The first kappa shape index (κ1) is 22.3.